The second-order valence-corrected chi connectivity index (χ2v) is 5.10. The minimum atomic E-state index is 0.161. The first-order chi connectivity index (χ1) is 9.72. The minimum Gasteiger partial charge on any atom is -0.395 e. The molecule has 2 rings (SSSR count). The maximum absolute atomic E-state index is 9.31. The highest BCUT2D eigenvalue weighted by molar-refractivity contribution is 6.13. The Labute approximate surface area is 125 Å². The van der Waals surface area contributed by atoms with Crippen LogP contribution in [0, 0.1) is 0 Å². The van der Waals surface area contributed by atoms with Gasteiger partial charge in [0.15, 0.2) is 0 Å². The third-order valence-corrected chi connectivity index (χ3v) is 3.98. The number of benzene rings is 1. The molecular formula is C15H22ClN3O. The van der Waals surface area contributed by atoms with Gasteiger partial charge in [-0.3, -0.25) is 0 Å². The summed E-state index contributed by atoms with van der Waals surface area (Å²) < 4.78 is 2.23. The number of halogens is 1. The Morgan fingerprint density at radius 1 is 1.35 bits per heavy atom. The second kappa shape index (κ2) is 7.09. The number of hydrogen-bond donors (Lipinski definition) is 2. The normalized spacial score (nSPS) is 11.7. The number of hydrogen-bond acceptors (Lipinski definition) is 3. The lowest BCUT2D eigenvalue weighted by molar-refractivity contribution is 0.276. The van der Waals surface area contributed by atoms with Gasteiger partial charge in [0, 0.05) is 36.7 Å². The molecule has 0 aliphatic rings. The van der Waals surface area contributed by atoms with Gasteiger partial charge in [-0.15, -0.1) is 0 Å². The Morgan fingerprint density at radius 2 is 2.10 bits per heavy atom. The summed E-state index contributed by atoms with van der Waals surface area (Å²) in [6.07, 6.45) is 1.89. The predicted molar refractivity (Wildman–Crippen MR) is 83.7 cm³/mol. The quantitative estimate of drug-likeness (QED) is 0.608. The van der Waals surface area contributed by atoms with E-state index in [9.17, 15) is 5.11 Å². The van der Waals surface area contributed by atoms with Crippen molar-refractivity contribution in [3.05, 3.63) is 35.5 Å². The molecule has 4 nitrogen and oxygen atoms in total. The number of aliphatic hydroxyl groups is 1. The SMILES string of the molecule is CCc1c(CCN(C)NCl)c2ccccc2n1CCO. The summed E-state index contributed by atoms with van der Waals surface area (Å²) in [6, 6.07) is 8.40. The monoisotopic (exact) mass is 295 g/mol. The summed E-state index contributed by atoms with van der Waals surface area (Å²) in [5, 5.41) is 12.4. The Bertz CT molecular complexity index is 567. The first kappa shape index (κ1) is 15.3. The fourth-order valence-corrected chi connectivity index (χ4v) is 2.87. The number of fused-ring (bicyclic) bond motifs is 1. The molecule has 0 unspecified atom stereocenters. The largest absolute Gasteiger partial charge is 0.395 e. The van der Waals surface area contributed by atoms with Crippen molar-refractivity contribution in [2.75, 3.05) is 20.2 Å². The van der Waals surface area contributed by atoms with Gasteiger partial charge in [-0.05, 0) is 36.2 Å². The number of likely N-dealkylation sites (N-methyl/N-ethyl adjacent to an activating group) is 1. The zero-order chi connectivity index (χ0) is 14.5. The molecule has 0 spiro atoms. The van der Waals surface area contributed by atoms with Crippen LogP contribution >= 0.6 is 11.8 Å². The summed E-state index contributed by atoms with van der Waals surface area (Å²) >= 11 is 5.60. The van der Waals surface area contributed by atoms with E-state index in [2.05, 4.69) is 34.6 Å². The number of hydrazine groups is 1. The Morgan fingerprint density at radius 3 is 2.75 bits per heavy atom. The molecule has 2 N–H and O–H groups in total. The van der Waals surface area contributed by atoms with E-state index in [0.29, 0.717) is 6.54 Å². The molecule has 20 heavy (non-hydrogen) atoms. The van der Waals surface area contributed by atoms with Crippen LogP contribution < -0.4 is 4.94 Å². The number of para-hydroxylation sites is 1. The van der Waals surface area contributed by atoms with Gasteiger partial charge in [-0.25, -0.2) is 5.01 Å². The molecule has 0 amide bonds. The molecule has 1 heterocycles. The third kappa shape index (κ3) is 2.99. The molecular weight excluding hydrogens is 274 g/mol. The van der Waals surface area contributed by atoms with Crippen LogP contribution in [0.15, 0.2) is 24.3 Å². The average molecular weight is 296 g/mol. The van der Waals surface area contributed by atoms with Crippen LogP contribution in [0.25, 0.3) is 10.9 Å². The fourth-order valence-electron chi connectivity index (χ4n) is 2.79. The van der Waals surface area contributed by atoms with Crippen LogP contribution in [0.2, 0.25) is 0 Å². The Kier molecular flexibility index (Phi) is 5.43. The molecule has 0 aliphatic carbocycles. The van der Waals surface area contributed by atoms with Crippen LogP contribution in [0.1, 0.15) is 18.2 Å². The van der Waals surface area contributed by atoms with Crippen LogP contribution in [-0.2, 0) is 19.4 Å². The molecule has 2 aromatic rings. The maximum Gasteiger partial charge on any atom is 0.0610 e. The van der Waals surface area contributed by atoms with Crippen molar-refractivity contribution in [1.82, 2.24) is 14.5 Å². The highest BCUT2D eigenvalue weighted by Gasteiger charge is 2.15. The molecule has 0 aliphatic heterocycles. The molecule has 0 fully saturated rings. The summed E-state index contributed by atoms with van der Waals surface area (Å²) in [5.41, 5.74) is 3.87. The molecule has 0 saturated carbocycles. The van der Waals surface area contributed by atoms with Crippen molar-refractivity contribution in [2.24, 2.45) is 0 Å². The average Bonchev–Trinajstić information content (AvgIpc) is 2.78. The van der Waals surface area contributed by atoms with Gasteiger partial charge in [0.05, 0.1) is 6.61 Å². The number of aliphatic hydroxyl groups excluding tert-OH is 1. The summed E-state index contributed by atoms with van der Waals surface area (Å²) in [6.45, 7) is 3.81. The van der Waals surface area contributed by atoms with E-state index in [1.807, 2.05) is 18.1 Å². The van der Waals surface area contributed by atoms with Crippen LogP contribution in [0.3, 0.4) is 0 Å². The number of rotatable bonds is 7. The molecule has 110 valence electrons. The van der Waals surface area contributed by atoms with Gasteiger partial charge in [0.1, 0.15) is 0 Å². The smallest absolute Gasteiger partial charge is 0.0610 e. The van der Waals surface area contributed by atoms with E-state index in [0.717, 1.165) is 19.4 Å². The number of aromatic nitrogens is 1. The van der Waals surface area contributed by atoms with E-state index in [1.54, 1.807) is 0 Å². The lowest BCUT2D eigenvalue weighted by atomic mass is 10.1. The van der Waals surface area contributed by atoms with Gasteiger partial charge in [0.25, 0.3) is 0 Å². The predicted octanol–water partition coefficient (Wildman–Crippen LogP) is 2.33. The molecule has 0 radical (unpaired) electrons. The zero-order valence-corrected chi connectivity index (χ0v) is 12.8. The van der Waals surface area contributed by atoms with Gasteiger partial charge in [-0.1, -0.05) is 25.1 Å². The Hall–Kier alpha value is -1.07. The first-order valence-electron chi connectivity index (χ1n) is 7.00. The van der Waals surface area contributed by atoms with Crippen LogP contribution in [0.4, 0.5) is 0 Å². The fraction of sp³-hybridized carbons (Fsp3) is 0.467. The summed E-state index contributed by atoms with van der Waals surface area (Å²) in [4.78, 5) is 2.61. The minimum absolute atomic E-state index is 0.161. The second-order valence-electron chi connectivity index (χ2n) is 4.93. The van der Waals surface area contributed by atoms with Crippen molar-refractivity contribution in [3.63, 3.8) is 0 Å². The van der Waals surface area contributed by atoms with Gasteiger partial charge < -0.3 is 9.67 Å². The van der Waals surface area contributed by atoms with Gasteiger partial charge in [0.2, 0.25) is 0 Å². The molecule has 1 aromatic carbocycles. The third-order valence-electron chi connectivity index (χ3n) is 3.69. The van der Waals surface area contributed by atoms with Crippen molar-refractivity contribution < 1.29 is 5.11 Å². The van der Waals surface area contributed by atoms with Crippen molar-refractivity contribution >= 4 is 22.7 Å². The molecule has 0 atom stereocenters. The van der Waals surface area contributed by atoms with Gasteiger partial charge >= 0.3 is 0 Å². The van der Waals surface area contributed by atoms with Gasteiger partial charge in [-0.2, -0.15) is 4.94 Å². The van der Waals surface area contributed by atoms with Crippen molar-refractivity contribution in [3.8, 4) is 0 Å². The van der Waals surface area contributed by atoms with E-state index in [4.69, 9.17) is 11.8 Å². The van der Waals surface area contributed by atoms with Crippen molar-refractivity contribution in [1.29, 1.82) is 0 Å². The summed E-state index contributed by atoms with van der Waals surface area (Å²) in [7, 11) is 1.92. The maximum atomic E-state index is 9.31. The van der Waals surface area contributed by atoms with Crippen LogP contribution in [-0.4, -0.2) is 34.9 Å². The van der Waals surface area contributed by atoms with E-state index >= 15 is 0 Å². The highest BCUT2D eigenvalue weighted by atomic mass is 35.5. The molecule has 5 heteroatoms. The Balaban J connectivity index is 2.45. The standard InChI is InChI=1S/C15H22ClN3O/c1-3-14-13(8-9-18(2)17-16)12-6-4-5-7-15(12)19(14)10-11-20/h4-7,17,20H,3,8-11H2,1-2H3. The van der Waals surface area contributed by atoms with Crippen LogP contribution in [0.5, 0.6) is 0 Å². The van der Waals surface area contributed by atoms with E-state index < -0.39 is 0 Å². The summed E-state index contributed by atoms with van der Waals surface area (Å²) in [5.74, 6) is 0. The molecule has 0 bridgehead atoms. The highest BCUT2D eigenvalue weighted by Crippen LogP contribution is 2.27. The number of nitrogens with one attached hydrogen (secondary N) is 1. The zero-order valence-electron chi connectivity index (χ0n) is 12.1. The van der Waals surface area contributed by atoms with Crippen molar-refractivity contribution in [2.45, 2.75) is 26.3 Å². The lowest BCUT2D eigenvalue weighted by Gasteiger charge is -2.14. The first-order valence-corrected chi connectivity index (χ1v) is 7.38. The molecule has 0 saturated heterocycles. The number of nitrogens with zero attached hydrogens (tertiary/aromatic N) is 2. The lowest BCUT2D eigenvalue weighted by Crippen LogP contribution is -2.29. The topological polar surface area (TPSA) is 40.4 Å². The molecule has 1 aromatic heterocycles. The van der Waals surface area contributed by atoms with E-state index in [1.165, 1.54) is 22.2 Å². The van der Waals surface area contributed by atoms with E-state index in [-0.39, 0.29) is 6.61 Å².